The lowest BCUT2D eigenvalue weighted by atomic mass is 10.0. The molecule has 0 aliphatic carbocycles. The molecule has 0 unspecified atom stereocenters. The van der Waals surface area contributed by atoms with E-state index in [1.165, 1.54) is 11.1 Å². The summed E-state index contributed by atoms with van der Waals surface area (Å²) in [7, 11) is 0. The summed E-state index contributed by atoms with van der Waals surface area (Å²) >= 11 is 5.47. The Morgan fingerprint density at radius 1 is 1.09 bits per heavy atom. The van der Waals surface area contributed by atoms with Crippen molar-refractivity contribution in [2.45, 2.75) is 33.2 Å². The van der Waals surface area contributed by atoms with E-state index in [9.17, 15) is 0 Å². The summed E-state index contributed by atoms with van der Waals surface area (Å²) in [6, 6.07) is 16.5. The van der Waals surface area contributed by atoms with E-state index in [-0.39, 0.29) is 6.04 Å². The van der Waals surface area contributed by atoms with Crippen molar-refractivity contribution in [1.82, 2.24) is 5.32 Å². The summed E-state index contributed by atoms with van der Waals surface area (Å²) in [6.07, 6.45) is 0.956. The van der Waals surface area contributed by atoms with Gasteiger partial charge in [-0.2, -0.15) is 0 Å². The van der Waals surface area contributed by atoms with Crippen LogP contribution in [-0.4, -0.2) is 11.7 Å². The monoisotopic (exact) mass is 328 g/mol. The average Bonchev–Trinajstić information content (AvgIpc) is 2.55. The van der Waals surface area contributed by atoms with Crippen LogP contribution in [0.1, 0.15) is 37.4 Å². The predicted molar refractivity (Wildman–Crippen MR) is 101 cm³/mol. The molecule has 0 aromatic heterocycles. The minimum absolute atomic E-state index is 0.190. The molecule has 2 aromatic rings. The molecule has 0 saturated heterocycles. The normalized spacial score (nSPS) is 11.6. The Balaban J connectivity index is 2.04. The number of rotatable bonds is 6. The fourth-order valence-electron chi connectivity index (χ4n) is 2.39. The van der Waals surface area contributed by atoms with E-state index < -0.39 is 0 Å². The Bertz CT molecular complexity index is 640. The molecule has 2 N–H and O–H groups in total. The van der Waals surface area contributed by atoms with Gasteiger partial charge in [0.2, 0.25) is 0 Å². The molecule has 3 nitrogen and oxygen atoms in total. The molecular formula is C19H24N2OS. The van der Waals surface area contributed by atoms with Gasteiger partial charge in [-0.3, -0.25) is 0 Å². The van der Waals surface area contributed by atoms with Crippen LogP contribution in [0.3, 0.4) is 0 Å². The maximum absolute atomic E-state index is 5.62. The number of hydrogen-bond donors (Lipinski definition) is 2. The molecular weight excluding hydrogens is 304 g/mol. The van der Waals surface area contributed by atoms with Crippen LogP contribution in [-0.2, 0) is 0 Å². The number of hydrogen-bond acceptors (Lipinski definition) is 2. The molecule has 0 radical (unpaired) electrons. The van der Waals surface area contributed by atoms with Crippen molar-refractivity contribution >= 4 is 23.0 Å². The second-order valence-corrected chi connectivity index (χ2v) is 5.81. The van der Waals surface area contributed by atoms with E-state index in [2.05, 4.69) is 48.7 Å². The van der Waals surface area contributed by atoms with Gasteiger partial charge in [0.1, 0.15) is 5.75 Å². The number of ether oxygens (including phenoxy) is 1. The van der Waals surface area contributed by atoms with Gasteiger partial charge in [-0.1, -0.05) is 48.9 Å². The second-order valence-electron chi connectivity index (χ2n) is 5.40. The van der Waals surface area contributed by atoms with Crippen LogP contribution in [0.5, 0.6) is 5.75 Å². The molecule has 122 valence electrons. The van der Waals surface area contributed by atoms with Crippen molar-refractivity contribution in [2.24, 2.45) is 0 Å². The highest BCUT2D eigenvalue weighted by Crippen LogP contribution is 2.24. The SMILES string of the molecule is CCOc1ccccc1NC(=S)N[C@@H](CC)c1ccc(C)cc1. The van der Waals surface area contributed by atoms with E-state index in [4.69, 9.17) is 17.0 Å². The fraction of sp³-hybridized carbons (Fsp3) is 0.316. The van der Waals surface area contributed by atoms with Crippen LogP contribution < -0.4 is 15.4 Å². The molecule has 0 aliphatic rings. The molecule has 0 spiro atoms. The third kappa shape index (κ3) is 4.96. The number of anilines is 1. The second kappa shape index (κ2) is 8.53. The molecule has 0 amide bonds. The van der Waals surface area contributed by atoms with E-state index in [0.717, 1.165) is 17.9 Å². The number of thiocarbonyl (C=S) groups is 1. The zero-order valence-electron chi connectivity index (χ0n) is 13.9. The fourth-order valence-corrected chi connectivity index (χ4v) is 2.64. The first kappa shape index (κ1) is 17.3. The van der Waals surface area contributed by atoms with Gasteiger partial charge in [-0.25, -0.2) is 0 Å². The van der Waals surface area contributed by atoms with Crippen LogP contribution in [0.2, 0.25) is 0 Å². The Kier molecular flexibility index (Phi) is 6.41. The molecule has 2 aromatic carbocycles. The van der Waals surface area contributed by atoms with Gasteiger partial charge in [0.25, 0.3) is 0 Å². The number of para-hydroxylation sites is 2. The summed E-state index contributed by atoms with van der Waals surface area (Å²) in [6.45, 7) is 6.83. The van der Waals surface area contributed by atoms with Crippen LogP contribution in [0, 0.1) is 6.92 Å². The number of nitrogens with one attached hydrogen (secondary N) is 2. The molecule has 0 bridgehead atoms. The molecule has 0 fully saturated rings. The zero-order chi connectivity index (χ0) is 16.7. The Hall–Kier alpha value is -2.07. The maximum atomic E-state index is 5.62. The molecule has 2 rings (SSSR count). The van der Waals surface area contributed by atoms with E-state index in [1.807, 2.05) is 31.2 Å². The van der Waals surface area contributed by atoms with Crippen LogP contribution in [0.4, 0.5) is 5.69 Å². The molecule has 0 heterocycles. The third-order valence-electron chi connectivity index (χ3n) is 3.63. The van der Waals surface area contributed by atoms with E-state index in [0.29, 0.717) is 11.7 Å². The van der Waals surface area contributed by atoms with Crippen LogP contribution >= 0.6 is 12.2 Å². The lowest BCUT2D eigenvalue weighted by Crippen LogP contribution is -2.32. The van der Waals surface area contributed by atoms with Gasteiger partial charge in [-0.15, -0.1) is 0 Å². The standard InChI is InChI=1S/C19H24N2OS/c1-4-16(15-12-10-14(3)11-13-15)20-19(23)21-17-8-6-7-9-18(17)22-5-2/h6-13,16H,4-5H2,1-3H3,(H2,20,21,23)/t16-/m0/s1. The third-order valence-corrected chi connectivity index (χ3v) is 3.85. The summed E-state index contributed by atoms with van der Waals surface area (Å²) < 4.78 is 5.62. The van der Waals surface area contributed by atoms with Gasteiger partial charge in [0.05, 0.1) is 18.3 Å². The van der Waals surface area contributed by atoms with Gasteiger partial charge < -0.3 is 15.4 Å². The van der Waals surface area contributed by atoms with E-state index >= 15 is 0 Å². The van der Waals surface area contributed by atoms with Gasteiger partial charge >= 0.3 is 0 Å². The summed E-state index contributed by atoms with van der Waals surface area (Å²) in [5.74, 6) is 0.808. The summed E-state index contributed by atoms with van der Waals surface area (Å²) in [5, 5.41) is 7.22. The quantitative estimate of drug-likeness (QED) is 0.744. The number of benzene rings is 2. The first-order valence-corrected chi connectivity index (χ1v) is 8.40. The van der Waals surface area contributed by atoms with Gasteiger partial charge in [0.15, 0.2) is 5.11 Å². The lowest BCUT2D eigenvalue weighted by molar-refractivity contribution is 0.342. The molecule has 0 saturated carbocycles. The largest absolute Gasteiger partial charge is 0.492 e. The Morgan fingerprint density at radius 2 is 1.78 bits per heavy atom. The zero-order valence-corrected chi connectivity index (χ0v) is 14.7. The maximum Gasteiger partial charge on any atom is 0.171 e. The first-order chi connectivity index (χ1) is 11.1. The van der Waals surface area contributed by atoms with Crippen LogP contribution in [0.25, 0.3) is 0 Å². The Morgan fingerprint density at radius 3 is 2.43 bits per heavy atom. The highest BCUT2D eigenvalue weighted by atomic mass is 32.1. The van der Waals surface area contributed by atoms with Crippen LogP contribution in [0.15, 0.2) is 48.5 Å². The predicted octanol–water partition coefficient (Wildman–Crippen LogP) is 4.83. The number of aryl methyl sites for hydroxylation is 1. The molecule has 0 aliphatic heterocycles. The highest BCUT2D eigenvalue weighted by Gasteiger charge is 2.11. The molecule has 1 atom stereocenters. The topological polar surface area (TPSA) is 33.3 Å². The van der Waals surface area contributed by atoms with Crippen molar-refractivity contribution < 1.29 is 4.74 Å². The highest BCUT2D eigenvalue weighted by molar-refractivity contribution is 7.80. The van der Waals surface area contributed by atoms with Gasteiger partial charge in [0, 0.05) is 0 Å². The van der Waals surface area contributed by atoms with Crippen molar-refractivity contribution in [3.05, 3.63) is 59.7 Å². The molecule has 23 heavy (non-hydrogen) atoms. The minimum atomic E-state index is 0.190. The van der Waals surface area contributed by atoms with Crippen molar-refractivity contribution in [2.75, 3.05) is 11.9 Å². The van der Waals surface area contributed by atoms with Gasteiger partial charge in [-0.05, 0) is 50.2 Å². The first-order valence-electron chi connectivity index (χ1n) is 8.00. The van der Waals surface area contributed by atoms with Crippen molar-refractivity contribution in [1.29, 1.82) is 0 Å². The Labute approximate surface area is 144 Å². The van der Waals surface area contributed by atoms with Crippen molar-refractivity contribution in [3.8, 4) is 5.75 Å². The van der Waals surface area contributed by atoms with E-state index in [1.54, 1.807) is 0 Å². The molecule has 4 heteroatoms. The average molecular weight is 328 g/mol. The lowest BCUT2D eigenvalue weighted by Gasteiger charge is -2.21. The summed E-state index contributed by atoms with van der Waals surface area (Å²) in [5.41, 5.74) is 3.38. The smallest absolute Gasteiger partial charge is 0.171 e. The summed E-state index contributed by atoms with van der Waals surface area (Å²) in [4.78, 5) is 0. The van der Waals surface area contributed by atoms with Crippen molar-refractivity contribution in [3.63, 3.8) is 0 Å². The minimum Gasteiger partial charge on any atom is -0.492 e.